The van der Waals surface area contributed by atoms with Crippen molar-refractivity contribution in [2.24, 2.45) is 0 Å². The minimum atomic E-state index is 0.341. The largest absolute Gasteiger partial charge is 0.313 e. The van der Waals surface area contributed by atoms with Crippen LogP contribution in [0, 0.1) is 0 Å². The van der Waals surface area contributed by atoms with Crippen LogP contribution in [0.3, 0.4) is 0 Å². The molecule has 0 aliphatic rings. The van der Waals surface area contributed by atoms with E-state index in [4.69, 9.17) is 0 Å². The normalized spacial score (nSPS) is 12.6. The van der Waals surface area contributed by atoms with Gasteiger partial charge in [-0.3, -0.25) is 9.97 Å². The molecule has 0 saturated carbocycles. The predicted molar refractivity (Wildman–Crippen MR) is 75.4 cm³/mol. The maximum atomic E-state index is 4.35. The Bertz CT molecular complexity index is 548. The first-order valence-electron chi connectivity index (χ1n) is 6.23. The smallest absolute Gasteiger partial charge is 0.0890 e. The Hall–Kier alpha value is -1.74. The Morgan fingerprint density at radius 1 is 1.28 bits per heavy atom. The zero-order chi connectivity index (χ0) is 13.0. The quantitative estimate of drug-likeness (QED) is 0.817. The maximum absolute atomic E-state index is 4.35. The first kappa shape index (κ1) is 12.7. The summed E-state index contributed by atoms with van der Waals surface area (Å²) in [7, 11) is 1.99. The number of allylic oxidation sites excluding steroid dienone is 1. The van der Waals surface area contributed by atoms with Crippen molar-refractivity contribution >= 4 is 11.0 Å². The lowest BCUT2D eigenvalue weighted by molar-refractivity contribution is 0.549. The van der Waals surface area contributed by atoms with Crippen molar-refractivity contribution in [1.29, 1.82) is 0 Å². The summed E-state index contributed by atoms with van der Waals surface area (Å²) >= 11 is 0. The van der Waals surface area contributed by atoms with Gasteiger partial charge in [0.05, 0.1) is 11.0 Å². The van der Waals surface area contributed by atoms with Crippen LogP contribution in [0.15, 0.2) is 42.7 Å². The van der Waals surface area contributed by atoms with Crippen LogP contribution in [0.25, 0.3) is 11.0 Å². The highest BCUT2D eigenvalue weighted by Crippen LogP contribution is 2.22. The molecule has 2 aromatic rings. The van der Waals surface area contributed by atoms with E-state index in [0.29, 0.717) is 6.04 Å². The Balaban J connectivity index is 2.24. The van der Waals surface area contributed by atoms with Crippen molar-refractivity contribution in [3.8, 4) is 0 Å². The molecule has 1 N–H and O–H groups in total. The zero-order valence-corrected chi connectivity index (χ0v) is 11.0. The van der Waals surface area contributed by atoms with E-state index in [-0.39, 0.29) is 0 Å². The van der Waals surface area contributed by atoms with Gasteiger partial charge in [0, 0.05) is 18.4 Å². The van der Waals surface area contributed by atoms with E-state index < -0.39 is 0 Å². The molecule has 0 radical (unpaired) electrons. The van der Waals surface area contributed by atoms with E-state index in [1.54, 1.807) is 12.4 Å². The Labute approximate surface area is 108 Å². The topological polar surface area (TPSA) is 37.8 Å². The molecule has 2 rings (SSSR count). The molecule has 0 fully saturated rings. The van der Waals surface area contributed by atoms with E-state index in [9.17, 15) is 0 Å². The van der Waals surface area contributed by atoms with Crippen molar-refractivity contribution in [2.45, 2.75) is 25.8 Å². The van der Waals surface area contributed by atoms with E-state index in [2.05, 4.69) is 40.9 Å². The molecule has 3 heteroatoms. The molecule has 3 nitrogen and oxygen atoms in total. The summed E-state index contributed by atoms with van der Waals surface area (Å²) in [5.74, 6) is 0. The van der Waals surface area contributed by atoms with Gasteiger partial charge in [0.25, 0.3) is 0 Å². The van der Waals surface area contributed by atoms with Gasteiger partial charge < -0.3 is 5.32 Å². The lowest BCUT2D eigenvalue weighted by atomic mass is 9.99. The number of aromatic nitrogens is 2. The van der Waals surface area contributed by atoms with Crippen LogP contribution < -0.4 is 5.32 Å². The minimum absolute atomic E-state index is 0.341. The van der Waals surface area contributed by atoms with Crippen molar-refractivity contribution < 1.29 is 0 Å². The van der Waals surface area contributed by atoms with Gasteiger partial charge in [-0.25, -0.2) is 0 Å². The molecule has 1 aromatic heterocycles. The van der Waals surface area contributed by atoms with Crippen molar-refractivity contribution in [3.05, 3.63) is 48.3 Å². The summed E-state index contributed by atoms with van der Waals surface area (Å²) in [6, 6.07) is 6.61. The van der Waals surface area contributed by atoms with E-state index in [0.717, 1.165) is 23.9 Å². The zero-order valence-electron chi connectivity index (χ0n) is 11.0. The highest BCUT2D eigenvalue weighted by molar-refractivity contribution is 5.74. The number of benzene rings is 1. The lowest BCUT2D eigenvalue weighted by Gasteiger charge is -2.17. The first-order valence-corrected chi connectivity index (χ1v) is 6.23. The summed E-state index contributed by atoms with van der Waals surface area (Å²) in [5, 5.41) is 3.35. The van der Waals surface area contributed by atoms with Crippen LogP contribution >= 0.6 is 0 Å². The number of nitrogens with zero attached hydrogens (tertiary/aromatic N) is 2. The van der Waals surface area contributed by atoms with Crippen LogP contribution in [0.2, 0.25) is 0 Å². The molecular weight excluding hydrogens is 222 g/mol. The van der Waals surface area contributed by atoms with Crippen LogP contribution in [-0.2, 0) is 0 Å². The van der Waals surface area contributed by atoms with Gasteiger partial charge in [0.2, 0.25) is 0 Å². The molecule has 0 spiro atoms. The monoisotopic (exact) mass is 241 g/mol. The molecule has 1 heterocycles. The van der Waals surface area contributed by atoms with E-state index in [1.807, 2.05) is 13.1 Å². The average Bonchev–Trinajstić information content (AvgIpc) is 2.39. The second kappa shape index (κ2) is 5.74. The third-order valence-corrected chi connectivity index (χ3v) is 3.10. The van der Waals surface area contributed by atoms with Crippen molar-refractivity contribution in [2.75, 3.05) is 7.05 Å². The first-order chi connectivity index (χ1) is 8.70. The Morgan fingerprint density at radius 2 is 2.00 bits per heavy atom. The summed E-state index contributed by atoms with van der Waals surface area (Å²) < 4.78 is 0. The van der Waals surface area contributed by atoms with Gasteiger partial charge in [-0.2, -0.15) is 0 Å². The van der Waals surface area contributed by atoms with Crippen molar-refractivity contribution in [1.82, 2.24) is 15.3 Å². The molecule has 0 aliphatic heterocycles. The van der Waals surface area contributed by atoms with Crippen molar-refractivity contribution in [3.63, 3.8) is 0 Å². The molecular formula is C15H19N3. The van der Waals surface area contributed by atoms with Gasteiger partial charge in [-0.15, -0.1) is 6.58 Å². The molecule has 1 atom stereocenters. The SMILES string of the molecule is C=C(C)CCC(NC)c1ccc2nccnc2c1. The van der Waals surface area contributed by atoms with Gasteiger partial charge in [-0.1, -0.05) is 11.6 Å². The second-order valence-corrected chi connectivity index (χ2v) is 4.64. The van der Waals surface area contributed by atoms with Crippen LogP contribution in [0.1, 0.15) is 31.4 Å². The predicted octanol–water partition coefficient (Wildman–Crippen LogP) is 3.25. The lowest BCUT2D eigenvalue weighted by Crippen LogP contribution is -2.16. The van der Waals surface area contributed by atoms with Gasteiger partial charge in [-0.05, 0) is 44.5 Å². The number of hydrogen-bond donors (Lipinski definition) is 1. The fraction of sp³-hybridized carbons (Fsp3) is 0.333. The average molecular weight is 241 g/mol. The maximum Gasteiger partial charge on any atom is 0.0890 e. The van der Waals surface area contributed by atoms with Gasteiger partial charge in [0.15, 0.2) is 0 Å². The molecule has 0 saturated heterocycles. The fourth-order valence-electron chi connectivity index (χ4n) is 2.07. The molecule has 1 aromatic carbocycles. The summed E-state index contributed by atoms with van der Waals surface area (Å²) in [4.78, 5) is 8.63. The standard InChI is InChI=1S/C15H19N3/c1-11(2)4-6-13(16-3)12-5-7-14-15(10-12)18-9-8-17-14/h5,7-10,13,16H,1,4,6H2,2-3H3. The van der Waals surface area contributed by atoms with E-state index in [1.165, 1.54) is 11.1 Å². The third-order valence-electron chi connectivity index (χ3n) is 3.10. The molecule has 18 heavy (non-hydrogen) atoms. The Morgan fingerprint density at radius 3 is 2.67 bits per heavy atom. The molecule has 94 valence electrons. The summed E-state index contributed by atoms with van der Waals surface area (Å²) in [6.45, 7) is 6.02. The number of nitrogens with one attached hydrogen (secondary N) is 1. The number of hydrogen-bond acceptors (Lipinski definition) is 3. The van der Waals surface area contributed by atoms with Gasteiger partial charge >= 0.3 is 0 Å². The highest BCUT2D eigenvalue weighted by atomic mass is 14.9. The van der Waals surface area contributed by atoms with Crippen LogP contribution in [-0.4, -0.2) is 17.0 Å². The molecule has 0 aliphatic carbocycles. The highest BCUT2D eigenvalue weighted by Gasteiger charge is 2.10. The summed E-state index contributed by atoms with van der Waals surface area (Å²) in [5.41, 5.74) is 4.36. The molecule has 0 amide bonds. The van der Waals surface area contributed by atoms with Crippen LogP contribution in [0.4, 0.5) is 0 Å². The molecule has 1 unspecified atom stereocenters. The number of rotatable bonds is 5. The summed E-state index contributed by atoms with van der Waals surface area (Å²) in [6.07, 6.45) is 5.54. The molecule has 0 bridgehead atoms. The van der Waals surface area contributed by atoms with Gasteiger partial charge in [0.1, 0.15) is 0 Å². The van der Waals surface area contributed by atoms with E-state index >= 15 is 0 Å². The van der Waals surface area contributed by atoms with Crippen LogP contribution in [0.5, 0.6) is 0 Å². The number of fused-ring (bicyclic) bond motifs is 1. The minimum Gasteiger partial charge on any atom is -0.313 e. The second-order valence-electron chi connectivity index (χ2n) is 4.64. The third kappa shape index (κ3) is 2.93. The Kier molecular flexibility index (Phi) is 4.05. The fourth-order valence-corrected chi connectivity index (χ4v) is 2.07.